The molecule has 0 bridgehead atoms. The first-order chi connectivity index (χ1) is 9.49. The van der Waals surface area contributed by atoms with Crippen LogP contribution in [0.1, 0.15) is 17.2 Å². The van der Waals surface area contributed by atoms with Gasteiger partial charge in [0.15, 0.2) is 0 Å². The molecule has 0 aromatic heterocycles. The van der Waals surface area contributed by atoms with Crippen molar-refractivity contribution >= 4 is 31.9 Å². The molecule has 0 fully saturated rings. The monoisotopic (exact) mass is 403 g/mol. The lowest BCUT2D eigenvalue weighted by molar-refractivity contribution is 0.561. The molecule has 0 aliphatic heterocycles. The third-order valence-electron chi connectivity index (χ3n) is 3.05. The van der Waals surface area contributed by atoms with Gasteiger partial charge in [-0.3, -0.25) is 0 Å². The first-order valence-corrected chi connectivity index (χ1v) is 7.65. The van der Waals surface area contributed by atoms with E-state index in [-0.39, 0.29) is 6.04 Å². The van der Waals surface area contributed by atoms with Gasteiger partial charge in [-0.1, -0.05) is 37.9 Å². The van der Waals surface area contributed by atoms with Crippen molar-refractivity contribution in [2.24, 2.45) is 0 Å². The van der Waals surface area contributed by atoms with E-state index in [1.165, 1.54) is 12.1 Å². The van der Waals surface area contributed by atoms with Crippen LogP contribution < -0.4 is 5.32 Å². The summed E-state index contributed by atoms with van der Waals surface area (Å²) in [7, 11) is 1.83. The Hall–Kier alpha value is -0.780. The Morgan fingerprint density at radius 1 is 1.05 bits per heavy atom. The van der Waals surface area contributed by atoms with Gasteiger partial charge in [0.05, 0.1) is 0 Å². The molecule has 1 nitrogen and oxygen atoms in total. The number of halogens is 4. The van der Waals surface area contributed by atoms with Gasteiger partial charge in [-0.05, 0) is 48.9 Å². The van der Waals surface area contributed by atoms with Crippen molar-refractivity contribution in [2.75, 3.05) is 7.05 Å². The third-order valence-corrected chi connectivity index (χ3v) is 4.23. The summed E-state index contributed by atoms with van der Waals surface area (Å²) in [4.78, 5) is 0. The Morgan fingerprint density at radius 2 is 1.70 bits per heavy atom. The summed E-state index contributed by atoms with van der Waals surface area (Å²) in [5.41, 5.74) is 1.66. The van der Waals surface area contributed by atoms with E-state index in [0.717, 1.165) is 20.6 Å². The van der Waals surface area contributed by atoms with Gasteiger partial charge in [0.1, 0.15) is 11.6 Å². The molecule has 0 saturated heterocycles. The average molecular weight is 405 g/mol. The van der Waals surface area contributed by atoms with Crippen molar-refractivity contribution in [3.8, 4) is 0 Å². The Kier molecular flexibility index (Phi) is 5.29. The van der Waals surface area contributed by atoms with Gasteiger partial charge in [-0.15, -0.1) is 0 Å². The Balaban J connectivity index is 2.28. The van der Waals surface area contributed by atoms with Crippen molar-refractivity contribution in [2.45, 2.75) is 12.5 Å². The lowest BCUT2D eigenvalue weighted by Gasteiger charge is -2.18. The van der Waals surface area contributed by atoms with Crippen LogP contribution in [0.25, 0.3) is 0 Å². The van der Waals surface area contributed by atoms with E-state index in [9.17, 15) is 8.78 Å². The predicted octanol–water partition coefficient (Wildman–Crippen LogP) is 4.99. The van der Waals surface area contributed by atoms with Gasteiger partial charge in [-0.2, -0.15) is 0 Å². The van der Waals surface area contributed by atoms with Crippen LogP contribution in [0.2, 0.25) is 0 Å². The Morgan fingerprint density at radius 3 is 2.25 bits per heavy atom. The van der Waals surface area contributed by atoms with E-state index in [1.54, 1.807) is 0 Å². The molecule has 1 N–H and O–H groups in total. The lowest BCUT2D eigenvalue weighted by atomic mass is 9.99. The van der Waals surface area contributed by atoms with Gasteiger partial charge >= 0.3 is 0 Å². The number of rotatable bonds is 4. The normalized spacial score (nSPS) is 12.4. The second-order valence-corrected chi connectivity index (χ2v) is 6.26. The molecule has 2 aromatic carbocycles. The highest BCUT2D eigenvalue weighted by atomic mass is 79.9. The molecule has 106 valence electrons. The fraction of sp³-hybridized carbons (Fsp3) is 0.200. The zero-order valence-electron chi connectivity index (χ0n) is 10.8. The molecule has 0 heterocycles. The molecular weight excluding hydrogens is 392 g/mol. The first kappa shape index (κ1) is 15.6. The second kappa shape index (κ2) is 6.78. The average Bonchev–Trinajstić information content (AvgIpc) is 2.35. The van der Waals surface area contributed by atoms with Crippen molar-refractivity contribution < 1.29 is 8.78 Å². The molecule has 20 heavy (non-hydrogen) atoms. The smallest absolute Gasteiger partial charge is 0.126 e. The van der Waals surface area contributed by atoms with E-state index in [4.69, 9.17) is 0 Å². The fourth-order valence-electron chi connectivity index (χ4n) is 2.12. The summed E-state index contributed by atoms with van der Waals surface area (Å²) in [6.07, 6.45) is 0.505. The summed E-state index contributed by atoms with van der Waals surface area (Å²) in [6, 6.07) is 9.44. The van der Waals surface area contributed by atoms with Gasteiger partial charge in [0, 0.05) is 21.1 Å². The molecule has 0 saturated carbocycles. The van der Waals surface area contributed by atoms with E-state index < -0.39 is 11.6 Å². The van der Waals surface area contributed by atoms with Crippen LogP contribution in [0.15, 0.2) is 45.3 Å². The SMILES string of the molecule is CNC(Cc1cc(F)cc(F)c1)c1ccc(Br)cc1Br. The zero-order chi connectivity index (χ0) is 14.7. The molecule has 0 aliphatic carbocycles. The minimum absolute atomic E-state index is 0.0290. The zero-order valence-corrected chi connectivity index (χ0v) is 13.9. The largest absolute Gasteiger partial charge is 0.313 e. The topological polar surface area (TPSA) is 12.0 Å². The quantitative estimate of drug-likeness (QED) is 0.756. The molecule has 2 rings (SSSR count). The van der Waals surface area contributed by atoms with Crippen LogP contribution in [-0.2, 0) is 6.42 Å². The predicted molar refractivity (Wildman–Crippen MR) is 83.7 cm³/mol. The summed E-state index contributed by atoms with van der Waals surface area (Å²) < 4.78 is 28.4. The van der Waals surface area contributed by atoms with Gasteiger partial charge in [0.2, 0.25) is 0 Å². The van der Waals surface area contributed by atoms with Crippen molar-refractivity contribution in [3.05, 3.63) is 68.1 Å². The van der Waals surface area contributed by atoms with Crippen LogP contribution in [0.5, 0.6) is 0 Å². The van der Waals surface area contributed by atoms with Gasteiger partial charge in [-0.25, -0.2) is 8.78 Å². The summed E-state index contributed by atoms with van der Waals surface area (Å²) in [5, 5.41) is 3.18. The summed E-state index contributed by atoms with van der Waals surface area (Å²) in [5.74, 6) is -1.10. The highest BCUT2D eigenvalue weighted by molar-refractivity contribution is 9.11. The highest BCUT2D eigenvalue weighted by Gasteiger charge is 2.14. The summed E-state index contributed by atoms with van der Waals surface area (Å²) >= 11 is 6.92. The Labute approximate surface area is 133 Å². The van der Waals surface area contributed by atoms with E-state index in [0.29, 0.717) is 12.0 Å². The summed E-state index contributed by atoms with van der Waals surface area (Å²) in [6.45, 7) is 0. The molecule has 0 aliphatic rings. The van der Waals surface area contributed by atoms with Gasteiger partial charge in [0.25, 0.3) is 0 Å². The standard InChI is InChI=1S/C15H13Br2F2N/c1-20-15(13-3-2-10(16)7-14(13)17)6-9-4-11(18)8-12(19)5-9/h2-5,7-8,15,20H,6H2,1H3. The number of likely N-dealkylation sites (N-methyl/N-ethyl adjacent to an activating group) is 1. The molecule has 1 atom stereocenters. The third kappa shape index (κ3) is 3.87. The maximum Gasteiger partial charge on any atom is 0.126 e. The van der Waals surface area contributed by atoms with Crippen LogP contribution >= 0.6 is 31.9 Å². The molecular formula is C15H13Br2F2N. The van der Waals surface area contributed by atoms with Crippen LogP contribution in [0, 0.1) is 11.6 Å². The minimum atomic E-state index is -0.551. The molecule has 0 spiro atoms. The van der Waals surface area contributed by atoms with Crippen LogP contribution in [-0.4, -0.2) is 7.05 Å². The minimum Gasteiger partial charge on any atom is -0.313 e. The van der Waals surface area contributed by atoms with E-state index >= 15 is 0 Å². The van der Waals surface area contributed by atoms with Crippen LogP contribution in [0.4, 0.5) is 8.78 Å². The number of nitrogens with one attached hydrogen (secondary N) is 1. The highest BCUT2D eigenvalue weighted by Crippen LogP contribution is 2.29. The van der Waals surface area contributed by atoms with Crippen molar-refractivity contribution in [3.63, 3.8) is 0 Å². The maximum absolute atomic E-state index is 13.2. The number of hydrogen-bond donors (Lipinski definition) is 1. The van der Waals surface area contributed by atoms with E-state index in [2.05, 4.69) is 37.2 Å². The lowest BCUT2D eigenvalue weighted by Crippen LogP contribution is -2.19. The van der Waals surface area contributed by atoms with Crippen molar-refractivity contribution in [1.29, 1.82) is 0 Å². The van der Waals surface area contributed by atoms with Crippen molar-refractivity contribution in [1.82, 2.24) is 5.32 Å². The maximum atomic E-state index is 13.2. The molecule has 0 amide bonds. The molecule has 2 aromatic rings. The molecule has 0 radical (unpaired) electrons. The fourth-order valence-corrected chi connectivity index (χ4v) is 3.44. The molecule has 1 unspecified atom stereocenters. The van der Waals surface area contributed by atoms with Gasteiger partial charge < -0.3 is 5.32 Å². The number of hydrogen-bond acceptors (Lipinski definition) is 1. The first-order valence-electron chi connectivity index (χ1n) is 6.07. The molecule has 5 heteroatoms. The van der Waals surface area contributed by atoms with Crippen LogP contribution in [0.3, 0.4) is 0 Å². The van der Waals surface area contributed by atoms with E-state index in [1.807, 2.05) is 25.2 Å². The second-order valence-electron chi connectivity index (χ2n) is 4.49. The Bertz CT molecular complexity index is 597. The number of benzene rings is 2.